The van der Waals surface area contributed by atoms with Crippen molar-refractivity contribution >= 4 is 17.2 Å². The number of carbonyl (C=O) groups excluding carboxylic acids is 1. The molecule has 4 aromatic heterocycles. The van der Waals surface area contributed by atoms with E-state index in [0.717, 1.165) is 56.5 Å². The molecule has 1 N–H and O–H groups in total. The molecule has 0 saturated carbocycles. The molecule has 6 aromatic rings. The third-order valence-corrected chi connectivity index (χ3v) is 7.20. The molecule has 0 amide bonds. The fourth-order valence-corrected chi connectivity index (χ4v) is 4.93. The number of benzene rings is 2. The normalized spacial score (nSPS) is 11.7. The Hall–Kier alpha value is -5.66. The first-order valence-corrected chi connectivity index (χ1v) is 15.2. The van der Waals surface area contributed by atoms with E-state index in [2.05, 4.69) is 58.5 Å². The topological polar surface area (TPSA) is 97.7 Å². The number of allylic oxidation sites excluding steroid dienone is 2. The van der Waals surface area contributed by atoms with Crippen molar-refractivity contribution in [3.05, 3.63) is 146 Å². The van der Waals surface area contributed by atoms with Crippen LogP contribution in [-0.4, -0.2) is 41.6 Å². The number of aromatic nitrogens is 4. The maximum Gasteiger partial charge on any atom is 0.155 e. The number of hydrogen-bond donors (Lipinski definition) is 1. The standard InChI is InChI=1S/C34H28N6.C5H8O2.Ni/c1-25(37-39-31(27-11-5-3-6-12-27)17-18-32(39)28-13-7-4-8-14-28)26(2)38-40-33(29-15-9-21-35-23-29)19-20-34(40)30-16-10-22-36-24-30;1-4(6)3-5(2)7;/h3-24H,1-2H3;3,6H,1-2H3;/b37-25+,38-26+;4-3-;. The Bertz CT molecular complexity index is 1780. The van der Waals surface area contributed by atoms with Gasteiger partial charge in [-0.25, -0.2) is 9.35 Å². The molecule has 0 aliphatic carbocycles. The van der Waals surface area contributed by atoms with Gasteiger partial charge in [-0.15, -0.1) is 0 Å². The number of nitrogens with zero attached hydrogens (tertiary/aromatic N) is 6. The molecule has 2 aromatic carbocycles. The maximum absolute atomic E-state index is 10.0. The van der Waals surface area contributed by atoms with E-state index in [-0.39, 0.29) is 28.0 Å². The number of aliphatic hydroxyl groups excluding tert-OH is 1. The van der Waals surface area contributed by atoms with E-state index < -0.39 is 0 Å². The summed E-state index contributed by atoms with van der Waals surface area (Å²) in [5.74, 6) is -0.0625. The summed E-state index contributed by atoms with van der Waals surface area (Å²) in [6, 6.07) is 37.0. The van der Waals surface area contributed by atoms with Gasteiger partial charge in [-0.3, -0.25) is 14.8 Å². The van der Waals surface area contributed by atoms with Gasteiger partial charge in [-0.2, -0.15) is 10.2 Å². The Morgan fingerprint density at radius 3 is 1.21 bits per heavy atom. The molecule has 0 aliphatic rings. The molecule has 0 spiro atoms. The second-order valence-corrected chi connectivity index (χ2v) is 10.8. The van der Waals surface area contributed by atoms with Gasteiger partial charge in [0, 0.05) is 69.6 Å². The van der Waals surface area contributed by atoms with E-state index >= 15 is 0 Å². The number of aliphatic hydroxyl groups is 1. The van der Waals surface area contributed by atoms with E-state index in [1.165, 1.54) is 19.9 Å². The van der Waals surface area contributed by atoms with Crippen LogP contribution in [0.1, 0.15) is 27.7 Å². The predicted molar refractivity (Wildman–Crippen MR) is 190 cm³/mol. The minimum absolute atomic E-state index is 0. The molecule has 9 heteroatoms. The van der Waals surface area contributed by atoms with Crippen molar-refractivity contribution in [1.29, 1.82) is 0 Å². The molecule has 0 fully saturated rings. The van der Waals surface area contributed by atoms with Crippen LogP contribution in [0.25, 0.3) is 45.0 Å². The van der Waals surface area contributed by atoms with Gasteiger partial charge >= 0.3 is 0 Å². The van der Waals surface area contributed by atoms with Crippen LogP contribution >= 0.6 is 0 Å². The summed E-state index contributed by atoms with van der Waals surface area (Å²) in [7, 11) is 0. The Morgan fingerprint density at radius 2 is 0.917 bits per heavy atom. The summed E-state index contributed by atoms with van der Waals surface area (Å²) in [5, 5.41) is 18.6. The van der Waals surface area contributed by atoms with Crippen LogP contribution < -0.4 is 0 Å². The number of pyridine rings is 2. The molecule has 0 atom stereocenters. The first-order valence-electron chi connectivity index (χ1n) is 15.2. The van der Waals surface area contributed by atoms with Crippen LogP contribution in [-0.2, 0) is 21.3 Å². The zero-order valence-electron chi connectivity index (χ0n) is 27.1. The van der Waals surface area contributed by atoms with E-state index in [1.54, 1.807) is 12.4 Å². The van der Waals surface area contributed by atoms with Crippen LogP contribution in [0.3, 0.4) is 0 Å². The van der Waals surface area contributed by atoms with Crippen molar-refractivity contribution in [1.82, 2.24) is 19.3 Å². The smallest absolute Gasteiger partial charge is 0.155 e. The van der Waals surface area contributed by atoms with Crippen molar-refractivity contribution in [3.63, 3.8) is 0 Å². The zero-order chi connectivity index (χ0) is 33.2. The SMILES string of the molecule is CC(=N\n1c(-c2ccccc2)ccc1-c1ccccc1)/C(C)=N/n1c(-c2cccnc2)ccc1-c1cccnc1.CC(=O)/C=C(/C)O.[Ni]. The quantitative estimate of drug-likeness (QED) is 0.0752. The first-order chi connectivity index (χ1) is 22.8. The number of carbonyl (C=O) groups is 1. The summed E-state index contributed by atoms with van der Waals surface area (Å²) in [4.78, 5) is 18.7. The van der Waals surface area contributed by atoms with Gasteiger partial charge in [-0.1, -0.05) is 60.7 Å². The third-order valence-electron chi connectivity index (χ3n) is 7.20. The molecular formula is C39H36N6NiO2. The Labute approximate surface area is 290 Å². The van der Waals surface area contributed by atoms with Crippen LogP contribution in [0.4, 0.5) is 0 Å². The molecule has 4 heterocycles. The number of rotatable bonds is 8. The fraction of sp³-hybridized carbons (Fsp3) is 0.103. The van der Waals surface area contributed by atoms with Crippen molar-refractivity contribution in [2.75, 3.05) is 0 Å². The summed E-state index contributed by atoms with van der Waals surface area (Å²) in [6.45, 7) is 6.84. The Kier molecular flexibility index (Phi) is 12.3. The van der Waals surface area contributed by atoms with Gasteiger partial charge in [0.25, 0.3) is 0 Å². The summed E-state index contributed by atoms with van der Waals surface area (Å²) < 4.78 is 3.97. The molecule has 0 aliphatic heterocycles. The summed E-state index contributed by atoms with van der Waals surface area (Å²) in [5.41, 5.74) is 9.65. The van der Waals surface area contributed by atoms with E-state index in [9.17, 15) is 4.79 Å². The predicted octanol–water partition coefficient (Wildman–Crippen LogP) is 8.93. The van der Waals surface area contributed by atoms with Gasteiger partial charge in [0.2, 0.25) is 0 Å². The monoisotopic (exact) mass is 678 g/mol. The summed E-state index contributed by atoms with van der Waals surface area (Å²) >= 11 is 0. The van der Waals surface area contributed by atoms with Crippen molar-refractivity contribution in [3.8, 4) is 45.0 Å². The maximum atomic E-state index is 10.0. The molecule has 6 rings (SSSR count). The fourth-order valence-electron chi connectivity index (χ4n) is 4.93. The minimum Gasteiger partial charge on any atom is -0.512 e. The average Bonchev–Trinajstić information content (AvgIpc) is 3.70. The van der Waals surface area contributed by atoms with Gasteiger partial charge in [-0.05, 0) is 76.2 Å². The minimum atomic E-state index is -0.125. The molecule has 48 heavy (non-hydrogen) atoms. The van der Waals surface area contributed by atoms with Crippen LogP contribution in [0, 0.1) is 0 Å². The van der Waals surface area contributed by atoms with Gasteiger partial charge in [0.15, 0.2) is 5.78 Å². The molecule has 0 unspecified atom stereocenters. The van der Waals surface area contributed by atoms with Gasteiger partial charge in [0.05, 0.1) is 40.0 Å². The van der Waals surface area contributed by atoms with E-state index in [0.29, 0.717) is 0 Å². The second kappa shape index (κ2) is 16.8. The zero-order valence-corrected chi connectivity index (χ0v) is 28.1. The van der Waals surface area contributed by atoms with Crippen LogP contribution in [0.15, 0.2) is 156 Å². The number of ketones is 1. The number of hydrogen-bond acceptors (Lipinski definition) is 6. The van der Waals surface area contributed by atoms with Crippen molar-refractivity contribution in [2.24, 2.45) is 10.2 Å². The molecule has 0 saturated heterocycles. The largest absolute Gasteiger partial charge is 0.512 e. The molecule has 0 radical (unpaired) electrons. The second-order valence-electron chi connectivity index (χ2n) is 10.8. The molecule has 0 bridgehead atoms. The van der Waals surface area contributed by atoms with Crippen LogP contribution in [0.2, 0.25) is 0 Å². The molecule has 244 valence electrons. The first kappa shape index (κ1) is 35.2. The van der Waals surface area contributed by atoms with Crippen molar-refractivity contribution < 1.29 is 26.4 Å². The third kappa shape index (κ3) is 8.78. The molecular weight excluding hydrogens is 643 g/mol. The van der Waals surface area contributed by atoms with E-state index in [1.807, 2.05) is 96.3 Å². The Balaban J connectivity index is 0.000000589. The van der Waals surface area contributed by atoms with Gasteiger partial charge in [0.1, 0.15) is 0 Å². The summed E-state index contributed by atoms with van der Waals surface area (Å²) in [6.07, 6.45) is 8.41. The Morgan fingerprint density at radius 1 is 0.562 bits per heavy atom. The van der Waals surface area contributed by atoms with Crippen molar-refractivity contribution in [2.45, 2.75) is 27.7 Å². The van der Waals surface area contributed by atoms with Gasteiger partial charge < -0.3 is 5.11 Å². The van der Waals surface area contributed by atoms with Crippen LogP contribution in [0.5, 0.6) is 0 Å². The molecule has 8 nitrogen and oxygen atoms in total. The average molecular weight is 679 g/mol. The van der Waals surface area contributed by atoms with E-state index in [4.69, 9.17) is 15.3 Å².